The van der Waals surface area contributed by atoms with Crippen LogP contribution in [0.5, 0.6) is 0 Å². The summed E-state index contributed by atoms with van der Waals surface area (Å²) in [4.78, 5) is 13.8. The Kier molecular flexibility index (Phi) is 2.59. The molecular weight excluding hydrogens is 249 g/mol. The molecule has 2 aromatic rings. The van der Waals surface area contributed by atoms with Gasteiger partial charge in [-0.1, -0.05) is 17.8 Å². The first-order valence-corrected chi connectivity index (χ1v) is 6.34. The number of hydrogen-bond acceptors (Lipinski definition) is 3. The van der Waals surface area contributed by atoms with Crippen molar-refractivity contribution in [3.05, 3.63) is 53.3 Å². The molecule has 0 aliphatic carbocycles. The molecule has 4 heteroatoms. The van der Waals surface area contributed by atoms with Gasteiger partial charge in [0.15, 0.2) is 5.78 Å². The van der Waals surface area contributed by atoms with Crippen LogP contribution in [0.2, 0.25) is 0 Å². The van der Waals surface area contributed by atoms with Gasteiger partial charge >= 0.3 is 0 Å². The number of rotatable bonds is 0. The molecule has 0 amide bonds. The number of nitrogens with two attached hydrogens (primary N) is 1. The summed E-state index contributed by atoms with van der Waals surface area (Å²) < 4.78 is 13.2. The number of Topliss-reactive ketones (excluding diaryl/α,β-unsaturated/α-hetero) is 1. The number of fused-ring (bicyclic) bond motifs is 2. The standard InChI is InChI=1S/C14H10FNOS/c15-9-2-1-8-5-12(17)11-7-10(16)3-4-13(11)18-14(8)6-9/h1-4,6-7H,5,16H2. The monoisotopic (exact) mass is 259 g/mol. The lowest BCUT2D eigenvalue weighted by Crippen LogP contribution is -2.04. The van der Waals surface area contributed by atoms with Crippen LogP contribution in [0.15, 0.2) is 46.2 Å². The molecule has 2 aromatic carbocycles. The minimum Gasteiger partial charge on any atom is -0.399 e. The van der Waals surface area contributed by atoms with E-state index in [2.05, 4.69) is 0 Å². The molecule has 0 radical (unpaired) electrons. The Bertz CT molecular complexity index is 654. The van der Waals surface area contributed by atoms with Crippen molar-refractivity contribution in [1.29, 1.82) is 0 Å². The van der Waals surface area contributed by atoms with E-state index in [0.717, 1.165) is 15.4 Å². The Labute approximate surface area is 108 Å². The maximum atomic E-state index is 13.2. The minimum atomic E-state index is -0.285. The third-order valence-electron chi connectivity index (χ3n) is 2.90. The molecule has 0 spiro atoms. The van der Waals surface area contributed by atoms with Gasteiger partial charge in [-0.3, -0.25) is 4.79 Å². The van der Waals surface area contributed by atoms with Crippen LogP contribution in [0.25, 0.3) is 0 Å². The number of carbonyl (C=O) groups is 1. The molecule has 2 N–H and O–H groups in total. The van der Waals surface area contributed by atoms with Crippen molar-refractivity contribution in [2.24, 2.45) is 0 Å². The summed E-state index contributed by atoms with van der Waals surface area (Å²) in [5.74, 6) is -0.261. The smallest absolute Gasteiger partial charge is 0.168 e. The van der Waals surface area contributed by atoms with Crippen molar-refractivity contribution in [2.45, 2.75) is 16.2 Å². The summed E-state index contributed by atoms with van der Waals surface area (Å²) in [5, 5.41) is 0. The van der Waals surface area contributed by atoms with Gasteiger partial charge in [0.2, 0.25) is 0 Å². The molecule has 0 fully saturated rings. The van der Waals surface area contributed by atoms with E-state index in [1.807, 2.05) is 6.07 Å². The largest absolute Gasteiger partial charge is 0.399 e. The van der Waals surface area contributed by atoms with Crippen molar-refractivity contribution in [2.75, 3.05) is 5.73 Å². The molecule has 0 unspecified atom stereocenters. The molecule has 18 heavy (non-hydrogen) atoms. The van der Waals surface area contributed by atoms with Crippen molar-refractivity contribution >= 4 is 23.2 Å². The van der Waals surface area contributed by atoms with Gasteiger partial charge in [-0.2, -0.15) is 0 Å². The van der Waals surface area contributed by atoms with Crippen molar-refractivity contribution in [3.63, 3.8) is 0 Å². The molecule has 0 saturated heterocycles. The Morgan fingerprint density at radius 3 is 2.78 bits per heavy atom. The van der Waals surface area contributed by atoms with E-state index in [0.29, 0.717) is 17.7 Å². The van der Waals surface area contributed by atoms with Crippen LogP contribution in [-0.4, -0.2) is 5.78 Å². The first-order chi connectivity index (χ1) is 8.63. The zero-order valence-corrected chi connectivity index (χ0v) is 10.3. The average molecular weight is 259 g/mol. The van der Waals surface area contributed by atoms with Crippen LogP contribution in [0.4, 0.5) is 10.1 Å². The quantitative estimate of drug-likeness (QED) is 0.738. The van der Waals surface area contributed by atoms with Crippen LogP contribution < -0.4 is 5.73 Å². The first kappa shape index (κ1) is 11.3. The normalized spacial score (nSPS) is 13.7. The molecule has 2 nitrogen and oxygen atoms in total. The minimum absolute atomic E-state index is 0.0233. The van der Waals surface area contributed by atoms with E-state index in [-0.39, 0.29) is 11.6 Å². The van der Waals surface area contributed by atoms with Crippen molar-refractivity contribution in [1.82, 2.24) is 0 Å². The average Bonchev–Trinajstić information content (AvgIpc) is 2.46. The van der Waals surface area contributed by atoms with Crippen molar-refractivity contribution in [3.8, 4) is 0 Å². The highest BCUT2D eigenvalue weighted by molar-refractivity contribution is 7.99. The highest BCUT2D eigenvalue weighted by Gasteiger charge is 2.20. The molecule has 0 bridgehead atoms. The predicted molar refractivity (Wildman–Crippen MR) is 69.4 cm³/mol. The fraction of sp³-hybridized carbons (Fsp3) is 0.0714. The first-order valence-electron chi connectivity index (χ1n) is 5.52. The summed E-state index contributed by atoms with van der Waals surface area (Å²) >= 11 is 1.41. The second-order valence-corrected chi connectivity index (χ2v) is 5.29. The summed E-state index contributed by atoms with van der Waals surface area (Å²) in [7, 11) is 0. The lowest BCUT2D eigenvalue weighted by molar-refractivity contribution is 0.0990. The Balaban J connectivity index is 2.17. The maximum Gasteiger partial charge on any atom is 0.168 e. The van der Waals surface area contributed by atoms with Crippen molar-refractivity contribution < 1.29 is 9.18 Å². The number of nitrogen functional groups attached to an aromatic ring is 1. The fourth-order valence-corrected chi connectivity index (χ4v) is 3.11. The Morgan fingerprint density at radius 2 is 1.94 bits per heavy atom. The summed E-state index contributed by atoms with van der Waals surface area (Å²) in [6.07, 6.45) is 0.291. The highest BCUT2D eigenvalue weighted by Crippen LogP contribution is 2.37. The van der Waals surface area contributed by atoms with Crippen LogP contribution in [-0.2, 0) is 6.42 Å². The fourth-order valence-electron chi connectivity index (χ4n) is 2.01. The number of anilines is 1. The van der Waals surface area contributed by atoms with Crippen LogP contribution >= 0.6 is 11.8 Å². The second kappa shape index (κ2) is 4.14. The van der Waals surface area contributed by atoms with Crippen LogP contribution in [0.3, 0.4) is 0 Å². The SMILES string of the molecule is Nc1ccc2c(c1)C(=O)Cc1ccc(F)cc1S2. The number of ketones is 1. The van der Waals surface area contributed by atoms with Gasteiger partial charge in [0.05, 0.1) is 0 Å². The van der Waals surface area contributed by atoms with Gasteiger partial charge in [-0.15, -0.1) is 0 Å². The van der Waals surface area contributed by atoms with Crippen LogP contribution in [0.1, 0.15) is 15.9 Å². The summed E-state index contributed by atoms with van der Waals surface area (Å²) in [6, 6.07) is 9.78. The summed E-state index contributed by atoms with van der Waals surface area (Å²) in [6.45, 7) is 0. The van der Waals surface area contributed by atoms with Gasteiger partial charge in [-0.05, 0) is 35.9 Å². The number of halogens is 1. The number of carbonyl (C=O) groups excluding carboxylic acids is 1. The van der Waals surface area contributed by atoms with E-state index in [1.54, 1.807) is 18.2 Å². The van der Waals surface area contributed by atoms with E-state index >= 15 is 0 Å². The lowest BCUT2D eigenvalue weighted by atomic mass is 10.0. The van der Waals surface area contributed by atoms with Gasteiger partial charge < -0.3 is 5.73 Å². The Morgan fingerprint density at radius 1 is 1.11 bits per heavy atom. The third kappa shape index (κ3) is 1.88. The molecule has 0 atom stereocenters. The lowest BCUT2D eigenvalue weighted by Gasteiger charge is -2.05. The van der Waals surface area contributed by atoms with Gasteiger partial charge in [0, 0.05) is 27.5 Å². The molecule has 0 saturated carbocycles. The molecule has 90 valence electrons. The molecule has 0 aromatic heterocycles. The Hall–Kier alpha value is -1.81. The zero-order chi connectivity index (χ0) is 12.7. The topological polar surface area (TPSA) is 43.1 Å². The van der Waals surface area contributed by atoms with Crippen LogP contribution in [0, 0.1) is 5.82 Å². The maximum absolute atomic E-state index is 13.2. The second-order valence-electron chi connectivity index (χ2n) is 4.21. The molecule has 1 aliphatic heterocycles. The van der Waals surface area contributed by atoms with Gasteiger partial charge in [0.1, 0.15) is 5.82 Å². The highest BCUT2D eigenvalue weighted by atomic mass is 32.2. The molecule has 3 rings (SSSR count). The number of hydrogen-bond donors (Lipinski definition) is 1. The predicted octanol–water partition coefficient (Wildman–Crippen LogP) is 3.30. The molecular formula is C14H10FNOS. The third-order valence-corrected chi connectivity index (χ3v) is 4.08. The van der Waals surface area contributed by atoms with Gasteiger partial charge in [-0.25, -0.2) is 4.39 Å². The van der Waals surface area contributed by atoms with E-state index in [4.69, 9.17) is 5.73 Å². The molecule has 1 aliphatic rings. The van der Waals surface area contributed by atoms with Gasteiger partial charge in [0.25, 0.3) is 0 Å². The van der Waals surface area contributed by atoms with E-state index < -0.39 is 0 Å². The van der Waals surface area contributed by atoms with E-state index in [9.17, 15) is 9.18 Å². The molecule has 1 heterocycles. The zero-order valence-electron chi connectivity index (χ0n) is 9.44. The van der Waals surface area contributed by atoms with E-state index in [1.165, 1.54) is 23.9 Å². The summed E-state index contributed by atoms with van der Waals surface area (Å²) in [5.41, 5.74) is 7.76. The number of benzene rings is 2.